The van der Waals surface area contributed by atoms with Crippen LogP contribution in [0, 0.1) is 11.8 Å². The molecule has 0 amide bonds. The fourth-order valence-corrected chi connectivity index (χ4v) is 8.35. The van der Waals surface area contributed by atoms with Crippen LogP contribution in [-0.2, 0) is 0 Å². The van der Waals surface area contributed by atoms with E-state index in [0.717, 1.165) is 11.8 Å². The average molecular weight is 497 g/mol. The summed E-state index contributed by atoms with van der Waals surface area (Å²) < 4.78 is 5.36. The van der Waals surface area contributed by atoms with E-state index in [1.165, 1.54) is 95.0 Å². The van der Waals surface area contributed by atoms with Crippen LogP contribution in [0.3, 0.4) is 0 Å². The second-order valence-electron chi connectivity index (χ2n) is 11.9. The lowest BCUT2D eigenvalue weighted by atomic mass is 9.71. The molecule has 2 nitrogen and oxygen atoms in total. The zero-order valence-electron chi connectivity index (χ0n) is 22.1. The third-order valence-electron chi connectivity index (χ3n) is 10.1. The van der Waals surface area contributed by atoms with Crippen molar-refractivity contribution in [2.45, 2.75) is 63.5 Å². The van der Waals surface area contributed by atoms with Crippen LogP contribution in [0.5, 0.6) is 0 Å². The number of nitrogens with zero attached hydrogens (tertiary/aromatic N) is 2. The SMILES string of the molecule is c1ccc2c(c1)c1ccccc1n2C1CCC(C2CCC(n3c4ccccc4c4ccccc43)CC2)CC1. The first-order valence-corrected chi connectivity index (χ1v) is 14.8. The summed E-state index contributed by atoms with van der Waals surface area (Å²) >= 11 is 0. The van der Waals surface area contributed by atoms with E-state index in [0.29, 0.717) is 12.1 Å². The Hall–Kier alpha value is -3.52. The highest BCUT2D eigenvalue weighted by Gasteiger charge is 2.33. The maximum atomic E-state index is 2.68. The molecule has 0 aliphatic heterocycles. The van der Waals surface area contributed by atoms with Gasteiger partial charge in [-0.3, -0.25) is 0 Å². The number of rotatable bonds is 3. The van der Waals surface area contributed by atoms with Crippen LogP contribution in [0.15, 0.2) is 97.1 Å². The van der Waals surface area contributed by atoms with Crippen LogP contribution in [0.2, 0.25) is 0 Å². The maximum Gasteiger partial charge on any atom is 0.0493 e. The van der Waals surface area contributed by atoms with Crippen LogP contribution in [-0.4, -0.2) is 9.13 Å². The van der Waals surface area contributed by atoms with Gasteiger partial charge >= 0.3 is 0 Å². The van der Waals surface area contributed by atoms with Crippen molar-refractivity contribution >= 4 is 43.6 Å². The van der Waals surface area contributed by atoms with Gasteiger partial charge in [0.1, 0.15) is 0 Å². The predicted octanol–water partition coefficient (Wildman–Crippen LogP) is 10.1. The van der Waals surface area contributed by atoms with Crippen molar-refractivity contribution < 1.29 is 0 Å². The van der Waals surface area contributed by atoms with Gasteiger partial charge in [0, 0.05) is 55.7 Å². The third-order valence-corrected chi connectivity index (χ3v) is 10.1. The third kappa shape index (κ3) is 3.46. The van der Waals surface area contributed by atoms with E-state index >= 15 is 0 Å². The lowest BCUT2D eigenvalue weighted by molar-refractivity contribution is 0.153. The Kier molecular flexibility index (Phi) is 5.35. The molecule has 0 atom stereocenters. The van der Waals surface area contributed by atoms with E-state index in [1.807, 2.05) is 0 Å². The molecule has 0 unspecified atom stereocenters. The van der Waals surface area contributed by atoms with Gasteiger partial charge < -0.3 is 9.13 Å². The number of fused-ring (bicyclic) bond motifs is 6. The molecule has 2 fully saturated rings. The second-order valence-corrected chi connectivity index (χ2v) is 11.9. The van der Waals surface area contributed by atoms with Gasteiger partial charge in [0.05, 0.1) is 0 Å². The highest BCUT2D eigenvalue weighted by Crippen LogP contribution is 2.46. The number of hydrogen-bond donors (Lipinski definition) is 0. The number of aromatic nitrogens is 2. The van der Waals surface area contributed by atoms with Crippen LogP contribution < -0.4 is 0 Å². The molecular formula is C36H36N2. The predicted molar refractivity (Wildman–Crippen MR) is 161 cm³/mol. The van der Waals surface area contributed by atoms with Gasteiger partial charge in [-0.15, -0.1) is 0 Å². The highest BCUT2D eigenvalue weighted by molar-refractivity contribution is 6.09. The van der Waals surface area contributed by atoms with Gasteiger partial charge in [0.15, 0.2) is 0 Å². The topological polar surface area (TPSA) is 9.86 Å². The Balaban J connectivity index is 0.998. The van der Waals surface area contributed by atoms with E-state index in [2.05, 4.69) is 106 Å². The van der Waals surface area contributed by atoms with E-state index in [9.17, 15) is 0 Å². The molecule has 38 heavy (non-hydrogen) atoms. The van der Waals surface area contributed by atoms with Crippen molar-refractivity contribution in [1.82, 2.24) is 9.13 Å². The summed E-state index contributed by atoms with van der Waals surface area (Å²) in [6, 6.07) is 37.4. The molecule has 8 rings (SSSR count). The van der Waals surface area contributed by atoms with Crippen molar-refractivity contribution in [3.05, 3.63) is 97.1 Å². The molecular weight excluding hydrogens is 460 g/mol. The minimum absolute atomic E-state index is 0.630. The number of hydrogen-bond acceptors (Lipinski definition) is 0. The van der Waals surface area contributed by atoms with E-state index < -0.39 is 0 Å². The van der Waals surface area contributed by atoms with E-state index in [4.69, 9.17) is 0 Å². The molecule has 2 aromatic heterocycles. The molecule has 0 spiro atoms. The maximum absolute atomic E-state index is 2.68. The molecule has 6 aromatic rings. The molecule has 190 valence electrons. The summed E-state index contributed by atoms with van der Waals surface area (Å²) in [5.74, 6) is 1.80. The summed E-state index contributed by atoms with van der Waals surface area (Å²) in [7, 11) is 0. The Labute approximate surface area is 224 Å². The minimum Gasteiger partial charge on any atom is -0.337 e. The molecule has 2 aliphatic carbocycles. The Morgan fingerprint density at radius 1 is 0.342 bits per heavy atom. The highest BCUT2D eigenvalue weighted by atomic mass is 15.0. The lowest BCUT2D eigenvalue weighted by Crippen LogP contribution is -2.27. The van der Waals surface area contributed by atoms with Gasteiger partial charge in [0.25, 0.3) is 0 Å². The van der Waals surface area contributed by atoms with Crippen LogP contribution in [0.4, 0.5) is 0 Å². The van der Waals surface area contributed by atoms with E-state index in [1.54, 1.807) is 0 Å². The van der Waals surface area contributed by atoms with Gasteiger partial charge in [-0.05, 0) is 87.5 Å². The molecule has 0 radical (unpaired) electrons. The average Bonchev–Trinajstić information content (AvgIpc) is 3.51. The molecule has 0 N–H and O–H groups in total. The summed E-state index contributed by atoms with van der Waals surface area (Å²) in [5.41, 5.74) is 5.68. The molecule has 0 bridgehead atoms. The summed E-state index contributed by atoms with van der Waals surface area (Å²) in [5, 5.41) is 5.64. The standard InChI is InChI=1S/C36H36N2/c1-5-13-33-29(9-1)30-10-2-6-14-34(30)37(33)27-21-17-25(18-22-27)26-19-23-28(24-20-26)38-35-15-7-3-11-31(35)32-12-4-8-16-36(32)38/h1-16,25-28H,17-24H2. The molecule has 2 aliphatic rings. The van der Waals surface area contributed by atoms with Crippen molar-refractivity contribution in [3.8, 4) is 0 Å². The summed E-state index contributed by atoms with van der Waals surface area (Å²) in [6.45, 7) is 0. The monoisotopic (exact) mass is 496 g/mol. The molecule has 2 heteroatoms. The van der Waals surface area contributed by atoms with Crippen LogP contribution in [0.25, 0.3) is 43.6 Å². The van der Waals surface area contributed by atoms with Crippen molar-refractivity contribution in [3.63, 3.8) is 0 Å². The first kappa shape index (κ1) is 22.5. The quantitative estimate of drug-likeness (QED) is 0.231. The Morgan fingerprint density at radius 3 is 0.895 bits per heavy atom. The molecule has 2 heterocycles. The van der Waals surface area contributed by atoms with Gasteiger partial charge in [0.2, 0.25) is 0 Å². The smallest absolute Gasteiger partial charge is 0.0493 e. The zero-order valence-corrected chi connectivity index (χ0v) is 22.1. The van der Waals surface area contributed by atoms with Gasteiger partial charge in [-0.2, -0.15) is 0 Å². The summed E-state index contributed by atoms with van der Waals surface area (Å²) in [4.78, 5) is 0. The fourth-order valence-electron chi connectivity index (χ4n) is 8.35. The fraction of sp³-hybridized carbons (Fsp3) is 0.333. The second kappa shape index (κ2) is 9.05. The lowest BCUT2D eigenvalue weighted by Gasteiger charge is -2.39. The van der Waals surface area contributed by atoms with Crippen LogP contribution in [0.1, 0.15) is 63.5 Å². The number of para-hydroxylation sites is 4. The van der Waals surface area contributed by atoms with Gasteiger partial charge in [-0.25, -0.2) is 0 Å². The van der Waals surface area contributed by atoms with Gasteiger partial charge in [-0.1, -0.05) is 72.8 Å². The molecule has 2 saturated carbocycles. The van der Waals surface area contributed by atoms with Crippen molar-refractivity contribution in [1.29, 1.82) is 0 Å². The van der Waals surface area contributed by atoms with E-state index in [-0.39, 0.29) is 0 Å². The Morgan fingerprint density at radius 2 is 0.605 bits per heavy atom. The van der Waals surface area contributed by atoms with Crippen molar-refractivity contribution in [2.24, 2.45) is 11.8 Å². The van der Waals surface area contributed by atoms with Crippen molar-refractivity contribution in [2.75, 3.05) is 0 Å². The zero-order chi connectivity index (χ0) is 25.1. The number of benzene rings is 4. The Bertz CT molecular complexity index is 1510. The summed E-state index contributed by atoms with van der Waals surface area (Å²) in [6.07, 6.45) is 10.8. The van der Waals surface area contributed by atoms with Crippen LogP contribution >= 0.6 is 0 Å². The normalized spacial score (nSPS) is 24.5. The molecule has 0 saturated heterocycles. The first-order chi connectivity index (χ1) is 18.9. The minimum atomic E-state index is 0.630. The largest absolute Gasteiger partial charge is 0.337 e. The first-order valence-electron chi connectivity index (χ1n) is 14.8. The molecule has 4 aromatic carbocycles.